The van der Waals surface area contributed by atoms with Gasteiger partial charge in [-0.1, -0.05) is 15.9 Å². The van der Waals surface area contributed by atoms with E-state index in [0.29, 0.717) is 5.69 Å². The molecule has 0 radical (unpaired) electrons. The minimum atomic E-state index is 0.698. The molecule has 3 nitrogen and oxygen atoms in total. The average molecular weight is 226 g/mol. The maximum Gasteiger partial charge on any atom is 0.112 e. The molecule has 0 aliphatic rings. The average Bonchev–Trinajstić information content (AvgIpc) is 2.29. The van der Waals surface area contributed by atoms with Crippen molar-refractivity contribution in [2.45, 2.75) is 6.92 Å². The smallest absolute Gasteiger partial charge is 0.112 e. The van der Waals surface area contributed by atoms with Gasteiger partial charge in [0.2, 0.25) is 0 Å². The van der Waals surface area contributed by atoms with Crippen molar-refractivity contribution in [1.82, 2.24) is 9.97 Å². The number of aromatic amines is 1. The van der Waals surface area contributed by atoms with E-state index in [1.165, 1.54) is 0 Å². The molecule has 0 amide bonds. The summed E-state index contributed by atoms with van der Waals surface area (Å²) in [5.41, 5.74) is 8.27. The van der Waals surface area contributed by atoms with E-state index < -0.39 is 0 Å². The van der Waals surface area contributed by atoms with Gasteiger partial charge in [0.25, 0.3) is 0 Å². The summed E-state index contributed by atoms with van der Waals surface area (Å²) in [5.74, 6) is 0.884. The summed E-state index contributed by atoms with van der Waals surface area (Å²) < 4.78 is 0.969. The molecule has 0 spiro atoms. The zero-order chi connectivity index (χ0) is 8.72. The first-order chi connectivity index (χ1) is 5.66. The zero-order valence-corrected chi connectivity index (χ0v) is 8.14. The molecule has 2 aromatic rings. The number of nitrogen functional groups attached to an aromatic ring is 1. The lowest BCUT2D eigenvalue weighted by Gasteiger charge is -1.94. The molecule has 62 valence electrons. The SMILES string of the molecule is Cc1nc2c(N)cc(Br)cc2[nH]1. The van der Waals surface area contributed by atoms with E-state index >= 15 is 0 Å². The van der Waals surface area contributed by atoms with Gasteiger partial charge in [0.05, 0.1) is 11.2 Å². The molecule has 3 N–H and O–H groups in total. The van der Waals surface area contributed by atoms with Crippen LogP contribution >= 0.6 is 15.9 Å². The second-order valence-electron chi connectivity index (χ2n) is 2.71. The number of nitrogens with zero attached hydrogens (tertiary/aromatic N) is 1. The summed E-state index contributed by atoms with van der Waals surface area (Å²) in [6.07, 6.45) is 0. The minimum Gasteiger partial charge on any atom is -0.397 e. The summed E-state index contributed by atoms with van der Waals surface area (Å²) in [5, 5.41) is 0. The fourth-order valence-corrected chi connectivity index (χ4v) is 1.71. The Kier molecular flexibility index (Phi) is 1.58. The van der Waals surface area contributed by atoms with E-state index in [4.69, 9.17) is 5.73 Å². The standard InChI is InChI=1S/C8H8BrN3/c1-4-11-7-3-5(9)2-6(10)8(7)12-4/h2-3H,10H2,1H3,(H,11,12). The molecule has 2 rings (SSSR count). The Balaban J connectivity index is 2.88. The van der Waals surface area contributed by atoms with Gasteiger partial charge >= 0.3 is 0 Å². The molecule has 0 saturated heterocycles. The van der Waals surface area contributed by atoms with Crippen LogP contribution in [0.1, 0.15) is 5.82 Å². The van der Waals surface area contributed by atoms with Crippen molar-refractivity contribution in [1.29, 1.82) is 0 Å². The van der Waals surface area contributed by atoms with Crippen LogP contribution in [-0.4, -0.2) is 9.97 Å². The molecular formula is C8H8BrN3. The number of hydrogen-bond acceptors (Lipinski definition) is 2. The third-order valence-electron chi connectivity index (χ3n) is 1.70. The number of benzene rings is 1. The number of anilines is 1. The van der Waals surface area contributed by atoms with Crippen LogP contribution < -0.4 is 5.73 Å². The van der Waals surface area contributed by atoms with Gasteiger partial charge in [-0.3, -0.25) is 0 Å². The molecule has 1 aromatic heterocycles. The Morgan fingerprint density at radius 2 is 2.25 bits per heavy atom. The first-order valence-electron chi connectivity index (χ1n) is 3.58. The van der Waals surface area contributed by atoms with Gasteiger partial charge in [0.1, 0.15) is 11.3 Å². The van der Waals surface area contributed by atoms with Crippen molar-refractivity contribution < 1.29 is 0 Å². The Morgan fingerprint density at radius 1 is 1.50 bits per heavy atom. The fraction of sp³-hybridized carbons (Fsp3) is 0.125. The first-order valence-corrected chi connectivity index (χ1v) is 4.37. The van der Waals surface area contributed by atoms with E-state index in [2.05, 4.69) is 25.9 Å². The van der Waals surface area contributed by atoms with Crippen molar-refractivity contribution >= 4 is 32.7 Å². The quantitative estimate of drug-likeness (QED) is 0.676. The van der Waals surface area contributed by atoms with Crippen LogP contribution in [0, 0.1) is 6.92 Å². The highest BCUT2D eigenvalue weighted by Gasteiger charge is 2.03. The summed E-state index contributed by atoms with van der Waals surface area (Å²) in [7, 11) is 0. The van der Waals surface area contributed by atoms with Crippen LogP contribution in [0.3, 0.4) is 0 Å². The highest BCUT2D eigenvalue weighted by molar-refractivity contribution is 9.10. The maximum atomic E-state index is 5.76. The molecule has 0 saturated carbocycles. The predicted octanol–water partition coefficient (Wildman–Crippen LogP) is 2.22. The first kappa shape index (κ1) is 7.61. The molecule has 0 fully saturated rings. The number of fused-ring (bicyclic) bond motifs is 1. The van der Waals surface area contributed by atoms with Gasteiger partial charge < -0.3 is 10.7 Å². The second kappa shape index (κ2) is 2.48. The molecule has 4 heteroatoms. The fourth-order valence-electron chi connectivity index (χ4n) is 1.23. The van der Waals surface area contributed by atoms with Crippen LogP contribution in [0.15, 0.2) is 16.6 Å². The molecule has 1 heterocycles. The minimum absolute atomic E-state index is 0.698. The molecule has 0 aliphatic heterocycles. The molecule has 1 aromatic carbocycles. The third-order valence-corrected chi connectivity index (χ3v) is 2.16. The van der Waals surface area contributed by atoms with E-state index in [9.17, 15) is 0 Å². The van der Waals surface area contributed by atoms with Crippen LogP contribution in [0.25, 0.3) is 11.0 Å². The topological polar surface area (TPSA) is 54.7 Å². The maximum absolute atomic E-state index is 5.76. The Morgan fingerprint density at radius 3 is 3.00 bits per heavy atom. The Labute approximate surface area is 78.1 Å². The van der Waals surface area contributed by atoms with E-state index in [0.717, 1.165) is 21.3 Å². The van der Waals surface area contributed by atoms with Crippen molar-refractivity contribution in [3.8, 4) is 0 Å². The van der Waals surface area contributed by atoms with Gasteiger partial charge in [0.15, 0.2) is 0 Å². The monoisotopic (exact) mass is 225 g/mol. The zero-order valence-electron chi connectivity index (χ0n) is 6.56. The van der Waals surface area contributed by atoms with Crippen LogP contribution in [0.2, 0.25) is 0 Å². The van der Waals surface area contributed by atoms with Crippen LogP contribution in [-0.2, 0) is 0 Å². The Bertz CT molecular complexity index is 433. The van der Waals surface area contributed by atoms with Crippen molar-refractivity contribution in [3.05, 3.63) is 22.4 Å². The lowest BCUT2D eigenvalue weighted by atomic mass is 10.3. The lowest BCUT2D eigenvalue weighted by molar-refractivity contribution is 1.17. The summed E-state index contributed by atoms with van der Waals surface area (Å²) >= 11 is 3.36. The van der Waals surface area contributed by atoms with Gasteiger partial charge in [-0.05, 0) is 19.1 Å². The second-order valence-corrected chi connectivity index (χ2v) is 3.63. The summed E-state index contributed by atoms with van der Waals surface area (Å²) in [6.45, 7) is 1.91. The number of hydrogen-bond donors (Lipinski definition) is 2. The van der Waals surface area contributed by atoms with Gasteiger partial charge in [-0.2, -0.15) is 0 Å². The molecule has 0 atom stereocenters. The number of rotatable bonds is 0. The molecule has 0 bridgehead atoms. The highest BCUT2D eigenvalue weighted by Crippen LogP contribution is 2.23. The highest BCUT2D eigenvalue weighted by atomic mass is 79.9. The van der Waals surface area contributed by atoms with E-state index in [1.54, 1.807) is 0 Å². The van der Waals surface area contributed by atoms with Gasteiger partial charge in [0, 0.05) is 4.47 Å². The molecule has 12 heavy (non-hydrogen) atoms. The van der Waals surface area contributed by atoms with Crippen LogP contribution in [0.4, 0.5) is 5.69 Å². The number of aromatic nitrogens is 2. The van der Waals surface area contributed by atoms with Crippen LogP contribution in [0.5, 0.6) is 0 Å². The number of halogens is 1. The number of nitrogens with one attached hydrogen (secondary N) is 1. The number of aryl methyl sites for hydroxylation is 1. The Hall–Kier alpha value is -1.03. The van der Waals surface area contributed by atoms with Crippen molar-refractivity contribution in [2.24, 2.45) is 0 Å². The molecular weight excluding hydrogens is 218 g/mol. The van der Waals surface area contributed by atoms with E-state index in [1.807, 2.05) is 19.1 Å². The lowest BCUT2D eigenvalue weighted by Crippen LogP contribution is -1.86. The van der Waals surface area contributed by atoms with Crippen molar-refractivity contribution in [2.75, 3.05) is 5.73 Å². The summed E-state index contributed by atoms with van der Waals surface area (Å²) in [4.78, 5) is 7.37. The normalized spacial score (nSPS) is 10.8. The number of H-pyrrole nitrogens is 1. The molecule has 0 unspecified atom stereocenters. The van der Waals surface area contributed by atoms with E-state index in [-0.39, 0.29) is 0 Å². The number of nitrogens with two attached hydrogens (primary N) is 1. The number of imidazole rings is 1. The third kappa shape index (κ3) is 1.08. The predicted molar refractivity (Wildman–Crippen MR) is 52.9 cm³/mol. The molecule has 0 aliphatic carbocycles. The summed E-state index contributed by atoms with van der Waals surface area (Å²) in [6, 6.07) is 3.81. The van der Waals surface area contributed by atoms with Gasteiger partial charge in [-0.15, -0.1) is 0 Å². The largest absolute Gasteiger partial charge is 0.397 e. The van der Waals surface area contributed by atoms with Gasteiger partial charge in [-0.25, -0.2) is 4.98 Å². The van der Waals surface area contributed by atoms with Crippen molar-refractivity contribution in [3.63, 3.8) is 0 Å².